The molecular weight excluding hydrogens is 362 g/mol. The highest BCUT2D eigenvalue weighted by Gasteiger charge is 2.28. The van der Waals surface area contributed by atoms with Crippen molar-refractivity contribution in [2.24, 2.45) is 0 Å². The summed E-state index contributed by atoms with van der Waals surface area (Å²) in [5.74, 6) is 0.427. The van der Waals surface area contributed by atoms with Crippen LogP contribution in [0.15, 0.2) is 0 Å². The molecule has 25 heavy (non-hydrogen) atoms. The molecule has 0 aliphatic carbocycles. The number of aryl methyl sites for hydroxylation is 1. The van der Waals surface area contributed by atoms with E-state index in [-0.39, 0.29) is 29.6 Å². The van der Waals surface area contributed by atoms with Crippen molar-refractivity contribution in [2.75, 3.05) is 18.0 Å². The summed E-state index contributed by atoms with van der Waals surface area (Å²) in [5, 5.41) is 1.05. The van der Waals surface area contributed by atoms with Crippen LogP contribution in [0.1, 0.15) is 42.9 Å². The van der Waals surface area contributed by atoms with E-state index < -0.39 is 0 Å². The van der Waals surface area contributed by atoms with Crippen LogP contribution >= 0.6 is 22.9 Å². The average molecular weight is 384 g/mol. The van der Waals surface area contributed by atoms with Crippen LogP contribution in [0.5, 0.6) is 0 Å². The van der Waals surface area contributed by atoms with E-state index in [9.17, 15) is 4.79 Å². The van der Waals surface area contributed by atoms with Crippen LogP contribution in [0.4, 0.5) is 5.82 Å². The van der Waals surface area contributed by atoms with Crippen LogP contribution in [-0.4, -0.2) is 47.3 Å². The molecule has 0 saturated carbocycles. The van der Waals surface area contributed by atoms with Gasteiger partial charge in [-0.1, -0.05) is 0 Å². The fourth-order valence-electron chi connectivity index (χ4n) is 3.13. The standard InChI is InChI=1S/C17H22ClN3O3S/c1-8(2)23-16(22)13-11(5)12-14(19-17(18)20-15(12)25-13)21-6-9(3)24-10(4)7-21/h8-10H,6-7H2,1-5H3. The lowest BCUT2D eigenvalue weighted by Gasteiger charge is -2.36. The minimum absolute atomic E-state index is 0.0943. The van der Waals surface area contributed by atoms with Gasteiger partial charge in [0.05, 0.1) is 23.7 Å². The zero-order chi connectivity index (χ0) is 18.3. The molecule has 136 valence electrons. The number of fused-ring (bicyclic) bond motifs is 1. The lowest BCUT2D eigenvalue weighted by molar-refractivity contribution is -0.00538. The number of carbonyl (C=O) groups excluding carboxylic acids is 1. The lowest BCUT2D eigenvalue weighted by Crippen LogP contribution is -2.46. The van der Waals surface area contributed by atoms with Crippen molar-refractivity contribution in [3.05, 3.63) is 15.7 Å². The molecule has 6 nitrogen and oxygen atoms in total. The molecule has 3 rings (SSSR count). The smallest absolute Gasteiger partial charge is 0.348 e. The van der Waals surface area contributed by atoms with Gasteiger partial charge in [0.1, 0.15) is 15.5 Å². The van der Waals surface area contributed by atoms with E-state index in [1.165, 1.54) is 11.3 Å². The number of hydrogen-bond acceptors (Lipinski definition) is 7. The second kappa shape index (κ2) is 7.05. The third-order valence-corrected chi connectivity index (χ3v) is 5.33. The summed E-state index contributed by atoms with van der Waals surface area (Å²) in [6.45, 7) is 11.1. The molecule has 0 aromatic carbocycles. The highest BCUT2D eigenvalue weighted by molar-refractivity contribution is 7.20. The van der Waals surface area contributed by atoms with Crippen molar-refractivity contribution >= 4 is 44.9 Å². The van der Waals surface area contributed by atoms with E-state index in [4.69, 9.17) is 21.1 Å². The average Bonchev–Trinajstić information content (AvgIpc) is 2.81. The molecule has 3 heterocycles. The van der Waals surface area contributed by atoms with Crippen LogP contribution < -0.4 is 4.90 Å². The summed E-state index contributed by atoms with van der Waals surface area (Å²) < 4.78 is 11.2. The van der Waals surface area contributed by atoms with Crippen molar-refractivity contribution in [3.8, 4) is 0 Å². The first-order valence-corrected chi connectivity index (χ1v) is 9.53. The Kier molecular flexibility index (Phi) is 5.18. The highest BCUT2D eigenvalue weighted by Crippen LogP contribution is 2.37. The summed E-state index contributed by atoms with van der Waals surface area (Å²) in [4.78, 5) is 24.6. The Labute approximate surface area is 156 Å². The predicted octanol–water partition coefficient (Wildman–Crippen LogP) is 3.83. The van der Waals surface area contributed by atoms with Gasteiger partial charge in [0.15, 0.2) is 0 Å². The SMILES string of the molecule is Cc1c(C(=O)OC(C)C)sc2nc(Cl)nc(N3CC(C)OC(C)C3)c12. The molecular formula is C17H22ClN3O3S. The van der Waals surface area contributed by atoms with Crippen molar-refractivity contribution in [1.29, 1.82) is 0 Å². The largest absolute Gasteiger partial charge is 0.459 e. The Morgan fingerprint density at radius 3 is 2.56 bits per heavy atom. The molecule has 0 amide bonds. The zero-order valence-corrected chi connectivity index (χ0v) is 16.6. The quantitative estimate of drug-likeness (QED) is 0.592. The third-order valence-electron chi connectivity index (χ3n) is 3.99. The van der Waals surface area contributed by atoms with Crippen molar-refractivity contribution in [2.45, 2.75) is 52.9 Å². The van der Waals surface area contributed by atoms with Crippen LogP contribution in [-0.2, 0) is 9.47 Å². The van der Waals surface area contributed by atoms with E-state index in [1.54, 1.807) is 0 Å². The number of aromatic nitrogens is 2. The number of ether oxygens (including phenoxy) is 2. The Hall–Kier alpha value is -1.44. The van der Waals surface area contributed by atoms with Crippen LogP contribution in [0.3, 0.4) is 0 Å². The fraction of sp³-hybridized carbons (Fsp3) is 0.588. The molecule has 2 aromatic heterocycles. The molecule has 0 N–H and O–H groups in total. The van der Waals surface area contributed by atoms with Crippen molar-refractivity contribution in [1.82, 2.24) is 9.97 Å². The maximum atomic E-state index is 12.4. The first-order chi connectivity index (χ1) is 11.8. The normalized spacial score (nSPS) is 21.2. The van der Waals surface area contributed by atoms with E-state index in [1.807, 2.05) is 34.6 Å². The van der Waals surface area contributed by atoms with Gasteiger partial charge in [-0.3, -0.25) is 0 Å². The molecule has 2 unspecified atom stereocenters. The Morgan fingerprint density at radius 2 is 1.96 bits per heavy atom. The van der Waals surface area contributed by atoms with Crippen molar-refractivity contribution < 1.29 is 14.3 Å². The van der Waals surface area contributed by atoms with Gasteiger partial charge in [-0.25, -0.2) is 9.78 Å². The molecule has 0 spiro atoms. The van der Waals surface area contributed by atoms with E-state index in [0.29, 0.717) is 22.8 Å². The zero-order valence-electron chi connectivity index (χ0n) is 15.0. The van der Waals surface area contributed by atoms with Gasteiger partial charge < -0.3 is 14.4 Å². The number of anilines is 1. The summed E-state index contributed by atoms with van der Waals surface area (Å²) >= 11 is 7.45. The molecule has 0 radical (unpaired) electrons. The van der Waals surface area contributed by atoms with Crippen LogP contribution in [0, 0.1) is 6.92 Å². The maximum absolute atomic E-state index is 12.4. The highest BCUT2D eigenvalue weighted by atomic mass is 35.5. The summed E-state index contributed by atoms with van der Waals surface area (Å²) in [7, 11) is 0. The minimum atomic E-state index is -0.332. The summed E-state index contributed by atoms with van der Waals surface area (Å²) in [6, 6.07) is 0. The van der Waals surface area contributed by atoms with Gasteiger partial charge >= 0.3 is 5.97 Å². The first-order valence-electron chi connectivity index (χ1n) is 8.34. The van der Waals surface area contributed by atoms with Gasteiger partial charge in [0.25, 0.3) is 0 Å². The number of rotatable bonds is 3. The first kappa shape index (κ1) is 18.4. The van der Waals surface area contributed by atoms with Gasteiger partial charge in [0, 0.05) is 13.1 Å². The van der Waals surface area contributed by atoms with Gasteiger partial charge in [-0.2, -0.15) is 4.98 Å². The number of thiophene rings is 1. The van der Waals surface area contributed by atoms with E-state index >= 15 is 0 Å². The molecule has 1 saturated heterocycles. The predicted molar refractivity (Wildman–Crippen MR) is 99.9 cm³/mol. The summed E-state index contributed by atoms with van der Waals surface area (Å²) in [6.07, 6.45) is 0.0147. The fourth-order valence-corrected chi connectivity index (χ4v) is 4.41. The second-order valence-corrected chi connectivity index (χ2v) is 8.01. The van der Waals surface area contributed by atoms with E-state index in [0.717, 1.165) is 16.8 Å². The number of nitrogens with zero attached hydrogens (tertiary/aromatic N) is 3. The number of carbonyl (C=O) groups is 1. The van der Waals surface area contributed by atoms with E-state index in [2.05, 4.69) is 14.9 Å². The Balaban J connectivity index is 2.09. The van der Waals surface area contributed by atoms with Crippen molar-refractivity contribution in [3.63, 3.8) is 0 Å². The van der Waals surface area contributed by atoms with Gasteiger partial charge in [0.2, 0.25) is 5.28 Å². The molecule has 1 aliphatic rings. The molecule has 2 aromatic rings. The molecule has 1 aliphatic heterocycles. The maximum Gasteiger partial charge on any atom is 0.348 e. The van der Waals surface area contributed by atoms with Gasteiger partial charge in [-0.15, -0.1) is 11.3 Å². The second-order valence-electron chi connectivity index (χ2n) is 6.67. The summed E-state index contributed by atoms with van der Waals surface area (Å²) in [5.41, 5.74) is 0.837. The number of morpholine rings is 1. The van der Waals surface area contributed by atoms with Crippen LogP contribution in [0.2, 0.25) is 5.28 Å². The topological polar surface area (TPSA) is 64.5 Å². The Morgan fingerprint density at radius 1 is 1.32 bits per heavy atom. The third kappa shape index (κ3) is 3.73. The van der Waals surface area contributed by atoms with Gasteiger partial charge in [-0.05, 0) is 51.8 Å². The minimum Gasteiger partial charge on any atom is -0.459 e. The number of hydrogen-bond donors (Lipinski definition) is 0. The number of halogens is 1. The molecule has 1 fully saturated rings. The van der Waals surface area contributed by atoms with Crippen LogP contribution in [0.25, 0.3) is 10.2 Å². The Bertz CT molecular complexity index is 798. The molecule has 8 heteroatoms. The lowest BCUT2D eigenvalue weighted by atomic mass is 10.1. The number of esters is 1. The monoisotopic (exact) mass is 383 g/mol. The molecule has 2 atom stereocenters. The molecule has 0 bridgehead atoms.